The molecule has 3 aromatic rings. The van der Waals surface area contributed by atoms with E-state index in [-0.39, 0.29) is 5.78 Å². The van der Waals surface area contributed by atoms with Gasteiger partial charge in [0.15, 0.2) is 16.8 Å². The molecule has 148 valence electrons. The third kappa shape index (κ3) is 4.20. The van der Waals surface area contributed by atoms with Gasteiger partial charge in [-0.05, 0) is 32.9 Å². The minimum atomic E-state index is 0.0990. The summed E-state index contributed by atoms with van der Waals surface area (Å²) in [5.74, 6) is 1.23. The maximum Gasteiger partial charge on any atom is 0.191 e. The summed E-state index contributed by atoms with van der Waals surface area (Å²) in [4.78, 5) is 12.8. The van der Waals surface area contributed by atoms with Crippen molar-refractivity contribution in [2.24, 2.45) is 7.05 Å². The molecule has 0 aliphatic carbocycles. The first kappa shape index (κ1) is 20.4. The van der Waals surface area contributed by atoms with E-state index in [2.05, 4.69) is 33.8 Å². The topological polar surface area (TPSA) is 61.9 Å². The van der Waals surface area contributed by atoms with E-state index >= 15 is 0 Å². The number of ether oxygens (including phenoxy) is 1. The SMILES string of the molecule is COCCn1c(C)cc(C(=O)CSc2nnc(-c3cccc(C)c3)n2C)c1C. The van der Waals surface area contributed by atoms with E-state index in [0.29, 0.717) is 12.4 Å². The Labute approximate surface area is 169 Å². The fourth-order valence-corrected chi connectivity index (χ4v) is 4.09. The zero-order valence-corrected chi connectivity index (χ0v) is 17.8. The number of methoxy groups -OCH3 is 1. The molecule has 7 heteroatoms. The van der Waals surface area contributed by atoms with Gasteiger partial charge in [0.1, 0.15) is 0 Å². The number of aromatic nitrogens is 4. The summed E-state index contributed by atoms with van der Waals surface area (Å²) in [6.07, 6.45) is 0. The first-order valence-electron chi connectivity index (χ1n) is 9.20. The molecule has 0 aliphatic heterocycles. The first-order chi connectivity index (χ1) is 13.4. The minimum absolute atomic E-state index is 0.0990. The van der Waals surface area contributed by atoms with Crippen molar-refractivity contribution in [3.8, 4) is 11.4 Å². The van der Waals surface area contributed by atoms with Crippen LogP contribution >= 0.6 is 11.8 Å². The molecule has 3 rings (SSSR count). The largest absolute Gasteiger partial charge is 0.383 e. The number of benzene rings is 1. The maximum absolute atomic E-state index is 12.8. The first-order valence-corrected chi connectivity index (χ1v) is 10.2. The van der Waals surface area contributed by atoms with Crippen LogP contribution in [0.2, 0.25) is 0 Å². The number of hydrogen-bond donors (Lipinski definition) is 0. The molecular formula is C21H26N4O2S. The van der Waals surface area contributed by atoms with Gasteiger partial charge in [0.25, 0.3) is 0 Å². The molecule has 0 saturated carbocycles. The van der Waals surface area contributed by atoms with Crippen molar-refractivity contribution in [3.05, 3.63) is 52.8 Å². The number of rotatable bonds is 8. The van der Waals surface area contributed by atoms with Crippen molar-refractivity contribution in [2.75, 3.05) is 19.5 Å². The number of carbonyl (C=O) groups is 1. The Hall–Kier alpha value is -2.38. The van der Waals surface area contributed by atoms with E-state index in [9.17, 15) is 4.79 Å². The van der Waals surface area contributed by atoms with E-state index in [4.69, 9.17) is 4.74 Å². The molecule has 0 aliphatic rings. The number of carbonyl (C=O) groups excluding carboxylic acids is 1. The van der Waals surface area contributed by atoms with E-state index in [1.807, 2.05) is 43.7 Å². The molecule has 1 aromatic carbocycles. The second kappa shape index (κ2) is 8.75. The molecule has 0 atom stereocenters. The molecule has 0 bridgehead atoms. The zero-order chi connectivity index (χ0) is 20.3. The standard InChI is InChI=1S/C21H26N4O2S/c1-14-7-6-8-17(11-14)20-22-23-21(24(20)4)28-13-19(26)18-12-15(2)25(16(18)3)9-10-27-5/h6-8,11-12H,9-10,13H2,1-5H3. The Morgan fingerprint density at radius 3 is 2.68 bits per heavy atom. The van der Waals surface area contributed by atoms with Gasteiger partial charge in [-0.2, -0.15) is 0 Å². The minimum Gasteiger partial charge on any atom is -0.383 e. The van der Waals surface area contributed by atoms with Crippen LogP contribution in [0.3, 0.4) is 0 Å². The zero-order valence-electron chi connectivity index (χ0n) is 17.0. The molecule has 2 aromatic heterocycles. The molecule has 6 nitrogen and oxygen atoms in total. The van der Waals surface area contributed by atoms with Crippen LogP contribution in [0.1, 0.15) is 27.3 Å². The van der Waals surface area contributed by atoms with E-state index in [0.717, 1.165) is 40.0 Å². The highest BCUT2D eigenvalue weighted by Gasteiger charge is 2.18. The molecule has 0 N–H and O–H groups in total. The normalized spacial score (nSPS) is 11.2. The summed E-state index contributed by atoms with van der Waals surface area (Å²) in [5, 5.41) is 9.32. The fourth-order valence-electron chi connectivity index (χ4n) is 3.29. The summed E-state index contributed by atoms with van der Waals surface area (Å²) >= 11 is 1.42. The molecule has 0 saturated heterocycles. The van der Waals surface area contributed by atoms with E-state index < -0.39 is 0 Å². The molecule has 0 amide bonds. The third-order valence-electron chi connectivity index (χ3n) is 4.84. The van der Waals surface area contributed by atoms with Gasteiger partial charge in [0, 0.05) is 43.2 Å². The summed E-state index contributed by atoms with van der Waals surface area (Å²) in [5.41, 5.74) is 5.02. The highest BCUT2D eigenvalue weighted by atomic mass is 32.2. The van der Waals surface area contributed by atoms with Gasteiger partial charge in [-0.25, -0.2) is 0 Å². The predicted molar refractivity (Wildman–Crippen MR) is 112 cm³/mol. The van der Waals surface area contributed by atoms with Crippen LogP contribution in [0.4, 0.5) is 0 Å². The van der Waals surface area contributed by atoms with Crippen LogP contribution in [0.25, 0.3) is 11.4 Å². The second-order valence-electron chi connectivity index (χ2n) is 6.88. The summed E-state index contributed by atoms with van der Waals surface area (Å²) in [6.45, 7) is 7.43. The predicted octanol–water partition coefficient (Wildman–Crippen LogP) is 3.83. The monoisotopic (exact) mass is 398 g/mol. The fraction of sp³-hybridized carbons (Fsp3) is 0.381. The van der Waals surface area contributed by atoms with Gasteiger partial charge in [-0.1, -0.05) is 35.5 Å². The van der Waals surface area contributed by atoms with Gasteiger partial charge in [0.05, 0.1) is 12.4 Å². The molecule has 0 fully saturated rings. The average Bonchev–Trinajstić information content (AvgIpc) is 3.17. The lowest BCUT2D eigenvalue weighted by Gasteiger charge is -2.08. The second-order valence-corrected chi connectivity index (χ2v) is 7.82. The number of hydrogen-bond acceptors (Lipinski definition) is 5. The Morgan fingerprint density at radius 2 is 1.96 bits per heavy atom. The quantitative estimate of drug-likeness (QED) is 0.426. The van der Waals surface area contributed by atoms with Crippen molar-refractivity contribution < 1.29 is 9.53 Å². The molecule has 0 radical (unpaired) electrons. The number of ketones is 1. The Kier molecular flexibility index (Phi) is 6.36. The molecular weight excluding hydrogens is 372 g/mol. The Morgan fingerprint density at radius 1 is 1.18 bits per heavy atom. The Bertz CT molecular complexity index is 990. The van der Waals surface area contributed by atoms with Crippen molar-refractivity contribution in [1.29, 1.82) is 0 Å². The number of Topliss-reactive ketones (excluding diaryl/α,β-unsaturated/α-hetero) is 1. The molecule has 2 heterocycles. The van der Waals surface area contributed by atoms with Crippen molar-refractivity contribution in [3.63, 3.8) is 0 Å². The van der Waals surface area contributed by atoms with Gasteiger partial charge < -0.3 is 13.9 Å². The highest BCUT2D eigenvalue weighted by molar-refractivity contribution is 7.99. The number of thioether (sulfide) groups is 1. The van der Waals surface area contributed by atoms with Crippen LogP contribution in [-0.4, -0.2) is 44.6 Å². The summed E-state index contributed by atoms with van der Waals surface area (Å²) < 4.78 is 9.23. The number of aryl methyl sites for hydroxylation is 2. The highest BCUT2D eigenvalue weighted by Crippen LogP contribution is 2.25. The molecule has 0 unspecified atom stereocenters. The van der Waals surface area contributed by atoms with Crippen LogP contribution in [-0.2, 0) is 18.3 Å². The van der Waals surface area contributed by atoms with E-state index in [1.165, 1.54) is 17.3 Å². The van der Waals surface area contributed by atoms with Crippen LogP contribution < -0.4 is 0 Å². The summed E-state index contributed by atoms with van der Waals surface area (Å²) in [7, 11) is 3.61. The molecule has 0 spiro atoms. The lowest BCUT2D eigenvalue weighted by atomic mass is 10.1. The van der Waals surface area contributed by atoms with E-state index in [1.54, 1.807) is 7.11 Å². The van der Waals surface area contributed by atoms with Crippen LogP contribution in [0, 0.1) is 20.8 Å². The molecule has 28 heavy (non-hydrogen) atoms. The Balaban J connectivity index is 1.72. The summed E-state index contributed by atoms with van der Waals surface area (Å²) in [6, 6.07) is 10.1. The van der Waals surface area contributed by atoms with Gasteiger partial charge >= 0.3 is 0 Å². The lowest BCUT2D eigenvalue weighted by Crippen LogP contribution is -2.10. The lowest BCUT2D eigenvalue weighted by molar-refractivity contribution is 0.102. The van der Waals surface area contributed by atoms with Gasteiger partial charge in [0.2, 0.25) is 0 Å². The van der Waals surface area contributed by atoms with Gasteiger partial charge in [-0.3, -0.25) is 4.79 Å². The van der Waals surface area contributed by atoms with Crippen molar-refractivity contribution in [2.45, 2.75) is 32.5 Å². The van der Waals surface area contributed by atoms with Crippen molar-refractivity contribution >= 4 is 17.5 Å². The number of nitrogens with zero attached hydrogens (tertiary/aromatic N) is 4. The maximum atomic E-state index is 12.8. The van der Waals surface area contributed by atoms with Crippen LogP contribution in [0.5, 0.6) is 0 Å². The van der Waals surface area contributed by atoms with Crippen LogP contribution in [0.15, 0.2) is 35.5 Å². The smallest absolute Gasteiger partial charge is 0.191 e. The average molecular weight is 399 g/mol. The van der Waals surface area contributed by atoms with Crippen molar-refractivity contribution in [1.82, 2.24) is 19.3 Å². The van der Waals surface area contributed by atoms with Gasteiger partial charge in [-0.15, -0.1) is 10.2 Å². The third-order valence-corrected chi connectivity index (χ3v) is 5.86.